The lowest BCUT2D eigenvalue weighted by atomic mass is 10.1. The molecule has 1 aliphatic carbocycles. The molecule has 1 aromatic heterocycles. The van der Waals surface area contributed by atoms with Crippen molar-refractivity contribution in [3.8, 4) is 0 Å². The molecule has 94 valence electrons. The second-order valence-electron chi connectivity index (χ2n) is 5.10. The Morgan fingerprint density at radius 1 is 1.41 bits per heavy atom. The van der Waals surface area contributed by atoms with E-state index >= 15 is 0 Å². The van der Waals surface area contributed by atoms with Crippen LogP contribution in [0.15, 0.2) is 12.1 Å². The third kappa shape index (κ3) is 2.68. The zero-order valence-electron chi connectivity index (χ0n) is 9.99. The average Bonchev–Trinajstić information content (AvgIpc) is 2.89. The maximum atomic E-state index is 5.98. The first-order chi connectivity index (χ1) is 8.24. The summed E-state index contributed by atoms with van der Waals surface area (Å²) >= 11 is 7.64. The van der Waals surface area contributed by atoms with Crippen molar-refractivity contribution in [3.05, 3.63) is 21.3 Å². The fraction of sp³-hybridized carbons (Fsp3) is 0.692. The number of ether oxygens (including phenoxy) is 1. The van der Waals surface area contributed by atoms with E-state index < -0.39 is 0 Å². The molecule has 3 rings (SSSR count). The lowest BCUT2D eigenvalue weighted by Gasteiger charge is -2.23. The minimum Gasteiger partial charge on any atom is -0.376 e. The molecule has 0 bridgehead atoms. The number of rotatable bonds is 4. The van der Waals surface area contributed by atoms with Crippen LogP contribution in [-0.2, 0) is 4.74 Å². The molecule has 1 saturated heterocycles. The van der Waals surface area contributed by atoms with E-state index in [4.69, 9.17) is 16.3 Å². The molecule has 4 heteroatoms. The monoisotopic (exact) mass is 271 g/mol. The highest BCUT2D eigenvalue weighted by Crippen LogP contribution is 2.39. The summed E-state index contributed by atoms with van der Waals surface area (Å²) in [5.74, 6) is 0.814. The van der Waals surface area contributed by atoms with Gasteiger partial charge in [-0.25, -0.2) is 0 Å². The molecule has 3 unspecified atom stereocenters. The van der Waals surface area contributed by atoms with Crippen molar-refractivity contribution in [3.63, 3.8) is 0 Å². The van der Waals surface area contributed by atoms with Gasteiger partial charge < -0.3 is 10.1 Å². The summed E-state index contributed by atoms with van der Waals surface area (Å²) in [5.41, 5.74) is 0. The number of nitrogens with one attached hydrogen (secondary N) is 1. The zero-order chi connectivity index (χ0) is 11.8. The normalized spacial score (nSPS) is 30.7. The van der Waals surface area contributed by atoms with Gasteiger partial charge in [0.15, 0.2) is 0 Å². The molecule has 0 radical (unpaired) electrons. The molecule has 1 N–H and O–H groups in total. The predicted octanol–water partition coefficient (Wildman–Crippen LogP) is 3.62. The van der Waals surface area contributed by atoms with Crippen molar-refractivity contribution in [2.75, 3.05) is 6.61 Å². The van der Waals surface area contributed by atoms with Crippen molar-refractivity contribution >= 4 is 22.9 Å². The van der Waals surface area contributed by atoms with Crippen LogP contribution in [0.2, 0.25) is 4.34 Å². The standard InChI is InChI=1S/C13H18ClNOS/c1-8(11-4-5-12(14)17-11)15-10-6-7-16-13(10)9-2-3-9/h4-5,8-10,13,15H,2-3,6-7H2,1H3. The smallest absolute Gasteiger partial charge is 0.0931 e. The molecular weight excluding hydrogens is 254 g/mol. The van der Waals surface area contributed by atoms with Crippen LogP contribution in [-0.4, -0.2) is 18.8 Å². The maximum Gasteiger partial charge on any atom is 0.0931 e. The fourth-order valence-electron chi connectivity index (χ4n) is 2.64. The second kappa shape index (κ2) is 4.88. The third-order valence-electron chi connectivity index (χ3n) is 3.71. The first kappa shape index (κ1) is 12.0. The highest BCUT2D eigenvalue weighted by molar-refractivity contribution is 7.16. The van der Waals surface area contributed by atoms with Crippen LogP contribution in [0.3, 0.4) is 0 Å². The van der Waals surface area contributed by atoms with Crippen molar-refractivity contribution in [2.24, 2.45) is 5.92 Å². The molecular formula is C13H18ClNOS. The average molecular weight is 272 g/mol. The molecule has 2 nitrogen and oxygen atoms in total. The van der Waals surface area contributed by atoms with Crippen molar-refractivity contribution in [2.45, 2.75) is 44.4 Å². The van der Waals surface area contributed by atoms with E-state index in [1.165, 1.54) is 17.7 Å². The molecule has 2 fully saturated rings. The topological polar surface area (TPSA) is 21.3 Å². The lowest BCUT2D eigenvalue weighted by Crippen LogP contribution is -2.38. The van der Waals surface area contributed by atoms with Crippen molar-refractivity contribution < 1.29 is 4.74 Å². The molecule has 17 heavy (non-hydrogen) atoms. The number of thiophene rings is 1. The summed E-state index contributed by atoms with van der Waals surface area (Å²) in [6, 6.07) is 4.99. The number of halogens is 1. The Hall–Kier alpha value is -0.0900. The predicted molar refractivity (Wildman–Crippen MR) is 71.7 cm³/mol. The van der Waals surface area contributed by atoms with Gasteiger partial charge in [-0.05, 0) is 44.2 Å². The first-order valence-electron chi connectivity index (χ1n) is 6.37. The minimum atomic E-state index is 0.375. The van der Waals surface area contributed by atoms with E-state index in [1.54, 1.807) is 11.3 Å². The molecule has 3 atom stereocenters. The summed E-state index contributed by atoms with van der Waals surface area (Å²) < 4.78 is 6.72. The molecule has 0 spiro atoms. The second-order valence-corrected chi connectivity index (χ2v) is 6.84. The van der Waals surface area contributed by atoms with Crippen LogP contribution >= 0.6 is 22.9 Å². The van der Waals surface area contributed by atoms with E-state index in [0.29, 0.717) is 18.2 Å². The molecule has 0 amide bonds. The highest BCUT2D eigenvalue weighted by atomic mass is 35.5. The van der Waals surface area contributed by atoms with Gasteiger partial charge in [-0.15, -0.1) is 11.3 Å². The van der Waals surface area contributed by atoms with Gasteiger partial charge >= 0.3 is 0 Å². The molecule has 2 aliphatic rings. The summed E-state index contributed by atoms with van der Waals surface area (Å²) in [7, 11) is 0. The SMILES string of the molecule is CC(NC1CCOC1C1CC1)c1ccc(Cl)s1. The Bertz CT molecular complexity index is 391. The minimum absolute atomic E-state index is 0.375. The number of hydrogen-bond donors (Lipinski definition) is 1. The van der Waals surface area contributed by atoms with Gasteiger partial charge in [0.2, 0.25) is 0 Å². The lowest BCUT2D eigenvalue weighted by molar-refractivity contribution is 0.0793. The van der Waals surface area contributed by atoms with Crippen molar-refractivity contribution in [1.82, 2.24) is 5.32 Å². The van der Waals surface area contributed by atoms with Crippen LogP contribution in [0.5, 0.6) is 0 Å². The summed E-state index contributed by atoms with van der Waals surface area (Å²) in [6.45, 7) is 3.13. The van der Waals surface area contributed by atoms with Gasteiger partial charge in [0.05, 0.1) is 10.4 Å². The number of hydrogen-bond acceptors (Lipinski definition) is 3. The zero-order valence-corrected chi connectivity index (χ0v) is 11.6. The van der Waals surface area contributed by atoms with Crippen LogP contribution in [0, 0.1) is 5.92 Å². The van der Waals surface area contributed by atoms with Crippen LogP contribution in [0.25, 0.3) is 0 Å². The van der Waals surface area contributed by atoms with Gasteiger partial charge in [0.25, 0.3) is 0 Å². The summed E-state index contributed by atoms with van der Waals surface area (Å²) in [4.78, 5) is 1.32. The maximum absolute atomic E-state index is 5.98. The van der Waals surface area contributed by atoms with Crippen LogP contribution in [0.1, 0.15) is 37.1 Å². The van der Waals surface area contributed by atoms with Crippen molar-refractivity contribution in [1.29, 1.82) is 0 Å². The van der Waals surface area contributed by atoms with E-state index in [2.05, 4.69) is 18.3 Å². The molecule has 1 aliphatic heterocycles. The van der Waals surface area contributed by atoms with Gasteiger partial charge in [-0.3, -0.25) is 0 Å². The summed E-state index contributed by atoms with van der Waals surface area (Å²) in [5, 5.41) is 3.71. The Labute approximate surface area is 111 Å². The summed E-state index contributed by atoms with van der Waals surface area (Å²) in [6.07, 6.45) is 4.29. The Balaban J connectivity index is 1.62. The van der Waals surface area contributed by atoms with E-state index in [-0.39, 0.29) is 0 Å². The molecule has 1 aromatic rings. The third-order valence-corrected chi connectivity index (χ3v) is 5.12. The van der Waals surface area contributed by atoms with Crippen LogP contribution < -0.4 is 5.32 Å². The largest absolute Gasteiger partial charge is 0.376 e. The Morgan fingerprint density at radius 2 is 2.24 bits per heavy atom. The molecule has 1 saturated carbocycles. The van der Waals surface area contributed by atoms with E-state index in [1.807, 2.05) is 6.07 Å². The van der Waals surface area contributed by atoms with Gasteiger partial charge in [0.1, 0.15) is 0 Å². The highest BCUT2D eigenvalue weighted by Gasteiger charge is 2.40. The van der Waals surface area contributed by atoms with Gasteiger partial charge in [-0.2, -0.15) is 0 Å². The Kier molecular flexibility index (Phi) is 3.44. The quantitative estimate of drug-likeness (QED) is 0.903. The molecule has 2 heterocycles. The first-order valence-corrected chi connectivity index (χ1v) is 7.56. The fourth-order valence-corrected chi connectivity index (χ4v) is 3.72. The van der Waals surface area contributed by atoms with Crippen LogP contribution in [0.4, 0.5) is 0 Å². The molecule has 0 aromatic carbocycles. The van der Waals surface area contributed by atoms with Gasteiger partial charge in [-0.1, -0.05) is 11.6 Å². The van der Waals surface area contributed by atoms with E-state index in [9.17, 15) is 0 Å². The van der Waals surface area contributed by atoms with E-state index in [0.717, 1.165) is 23.3 Å². The Morgan fingerprint density at radius 3 is 2.88 bits per heavy atom. The van der Waals surface area contributed by atoms with Gasteiger partial charge in [0, 0.05) is 23.6 Å².